The summed E-state index contributed by atoms with van der Waals surface area (Å²) in [5, 5.41) is 9.32. The highest BCUT2D eigenvalue weighted by Crippen LogP contribution is 2.24. The van der Waals surface area contributed by atoms with E-state index in [0.29, 0.717) is 17.7 Å². The normalized spacial score (nSPS) is 10.3. The SMILES string of the molecule is CN(Cc1ccc(-c2ccccc2C(=O)O)cc1)C(=O)c1cccnc1. The molecule has 3 rings (SSSR count). The van der Waals surface area contributed by atoms with Crippen LogP contribution in [0.15, 0.2) is 73.1 Å². The molecule has 0 aliphatic rings. The molecule has 1 aromatic heterocycles. The number of hydrogen-bond acceptors (Lipinski definition) is 3. The minimum Gasteiger partial charge on any atom is -0.478 e. The Hall–Kier alpha value is -3.47. The standard InChI is InChI=1S/C21H18N2O3/c1-23(20(24)17-5-4-12-22-13-17)14-15-8-10-16(11-9-15)18-6-2-3-7-19(18)21(25)26/h2-13H,14H2,1H3,(H,25,26). The van der Waals surface area contributed by atoms with Gasteiger partial charge in [0.15, 0.2) is 0 Å². The van der Waals surface area contributed by atoms with Crippen molar-refractivity contribution in [3.63, 3.8) is 0 Å². The number of carbonyl (C=O) groups excluding carboxylic acids is 1. The first-order valence-electron chi connectivity index (χ1n) is 8.13. The largest absolute Gasteiger partial charge is 0.478 e. The molecule has 0 fully saturated rings. The van der Waals surface area contributed by atoms with E-state index in [1.807, 2.05) is 30.3 Å². The molecule has 0 spiro atoms. The molecule has 1 heterocycles. The molecule has 5 nitrogen and oxygen atoms in total. The minimum absolute atomic E-state index is 0.0987. The molecule has 1 N–H and O–H groups in total. The van der Waals surface area contributed by atoms with Crippen LogP contribution < -0.4 is 0 Å². The van der Waals surface area contributed by atoms with Crippen LogP contribution in [0.3, 0.4) is 0 Å². The lowest BCUT2D eigenvalue weighted by molar-refractivity contribution is 0.0697. The van der Waals surface area contributed by atoms with Crippen molar-refractivity contribution in [1.29, 1.82) is 0 Å². The molecule has 0 saturated carbocycles. The van der Waals surface area contributed by atoms with Gasteiger partial charge in [0.1, 0.15) is 0 Å². The molecule has 0 unspecified atom stereocenters. The second kappa shape index (κ2) is 7.61. The molecule has 0 saturated heterocycles. The van der Waals surface area contributed by atoms with Crippen molar-refractivity contribution in [1.82, 2.24) is 9.88 Å². The van der Waals surface area contributed by atoms with Crippen LogP contribution in [0.1, 0.15) is 26.3 Å². The van der Waals surface area contributed by atoms with Gasteiger partial charge in [-0.25, -0.2) is 4.79 Å². The van der Waals surface area contributed by atoms with Gasteiger partial charge >= 0.3 is 5.97 Å². The van der Waals surface area contributed by atoms with Crippen LogP contribution in [0.5, 0.6) is 0 Å². The minimum atomic E-state index is -0.952. The zero-order valence-corrected chi connectivity index (χ0v) is 14.3. The van der Waals surface area contributed by atoms with Crippen LogP contribution in [0.25, 0.3) is 11.1 Å². The number of amides is 1. The van der Waals surface area contributed by atoms with E-state index in [1.165, 1.54) is 0 Å². The monoisotopic (exact) mass is 346 g/mol. The van der Waals surface area contributed by atoms with Crippen molar-refractivity contribution in [3.8, 4) is 11.1 Å². The summed E-state index contributed by atoms with van der Waals surface area (Å²) in [6.45, 7) is 0.453. The molecule has 0 bridgehead atoms. The van der Waals surface area contributed by atoms with Gasteiger partial charge in [-0.3, -0.25) is 9.78 Å². The maximum absolute atomic E-state index is 12.4. The molecule has 2 aromatic carbocycles. The Labute approximate surface area is 151 Å². The van der Waals surface area contributed by atoms with E-state index < -0.39 is 5.97 Å². The number of pyridine rings is 1. The molecule has 130 valence electrons. The lowest BCUT2D eigenvalue weighted by Gasteiger charge is -2.17. The van der Waals surface area contributed by atoms with Gasteiger partial charge in [0.2, 0.25) is 0 Å². The van der Waals surface area contributed by atoms with Crippen LogP contribution in [0.2, 0.25) is 0 Å². The summed E-state index contributed by atoms with van der Waals surface area (Å²) in [6, 6.07) is 17.9. The molecule has 26 heavy (non-hydrogen) atoms. The number of aromatic carboxylic acids is 1. The first-order valence-corrected chi connectivity index (χ1v) is 8.13. The van der Waals surface area contributed by atoms with E-state index >= 15 is 0 Å². The number of hydrogen-bond donors (Lipinski definition) is 1. The van der Waals surface area contributed by atoms with Crippen molar-refractivity contribution in [2.45, 2.75) is 6.54 Å². The second-order valence-corrected chi connectivity index (χ2v) is 5.95. The van der Waals surface area contributed by atoms with Gasteiger partial charge < -0.3 is 10.0 Å². The van der Waals surface area contributed by atoms with Crippen molar-refractivity contribution < 1.29 is 14.7 Å². The summed E-state index contributed by atoms with van der Waals surface area (Å²) in [7, 11) is 1.74. The third kappa shape index (κ3) is 3.78. The number of benzene rings is 2. The summed E-state index contributed by atoms with van der Waals surface area (Å²) in [5.41, 5.74) is 3.27. The Balaban J connectivity index is 1.76. The van der Waals surface area contributed by atoms with Gasteiger partial charge in [0.05, 0.1) is 11.1 Å². The van der Waals surface area contributed by atoms with E-state index in [1.54, 1.807) is 54.7 Å². The average molecular weight is 346 g/mol. The molecule has 0 radical (unpaired) electrons. The highest BCUT2D eigenvalue weighted by molar-refractivity contribution is 5.96. The average Bonchev–Trinajstić information content (AvgIpc) is 2.68. The number of carbonyl (C=O) groups is 2. The first-order chi connectivity index (χ1) is 12.6. The van der Waals surface area contributed by atoms with Gasteiger partial charge in [-0.1, -0.05) is 42.5 Å². The first kappa shape index (κ1) is 17.4. The Morgan fingerprint density at radius 3 is 2.38 bits per heavy atom. The number of carboxylic acids is 1. The summed E-state index contributed by atoms with van der Waals surface area (Å²) in [5.74, 6) is -1.05. The Morgan fingerprint density at radius 2 is 1.73 bits per heavy atom. The maximum Gasteiger partial charge on any atom is 0.336 e. The Kier molecular flexibility index (Phi) is 5.08. The van der Waals surface area contributed by atoms with Gasteiger partial charge in [0, 0.05) is 26.0 Å². The fraction of sp³-hybridized carbons (Fsp3) is 0.0952. The van der Waals surface area contributed by atoms with Crippen molar-refractivity contribution in [3.05, 3.63) is 89.7 Å². The highest BCUT2D eigenvalue weighted by atomic mass is 16.4. The van der Waals surface area contributed by atoms with Crippen LogP contribution >= 0.6 is 0 Å². The van der Waals surface area contributed by atoms with Crippen molar-refractivity contribution in [2.75, 3.05) is 7.05 Å². The van der Waals surface area contributed by atoms with E-state index in [0.717, 1.165) is 11.1 Å². The van der Waals surface area contributed by atoms with Gasteiger partial charge in [0.25, 0.3) is 5.91 Å². The molecular weight excluding hydrogens is 328 g/mol. The van der Waals surface area contributed by atoms with Crippen molar-refractivity contribution in [2.24, 2.45) is 0 Å². The van der Waals surface area contributed by atoms with E-state index in [4.69, 9.17) is 0 Å². The second-order valence-electron chi connectivity index (χ2n) is 5.95. The zero-order chi connectivity index (χ0) is 18.5. The predicted octanol–water partition coefficient (Wildman–Crippen LogP) is 3.72. The topological polar surface area (TPSA) is 70.5 Å². The molecular formula is C21H18N2O3. The fourth-order valence-corrected chi connectivity index (χ4v) is 2.77. The van der Waals surface area contributed by atoms with E-state index in [9.17, 15) is 14.7 Å². The van der Waals surface area contributed by atoms with Crippen LogP contribution in [-0.2, 0) is 6.54 Å². The number of rotatable bonds is 5. The zero-order valence-electron chi connectivity index (χ0n) is 14.3. The van der Waals surface area contributed by atoms with Gasteiger partial charge in [-0.15, -0.1) is 0 Å². The molecule has 1 amide bonds. The Morgan fingerprint density at radius 1 is 1.00 bits per heavy atom. The molecule has 0 aliphatic heterocycles. The summed E-state index contributed by atoms with van der Waals surface area (Å²) in [6.07, 6.45) is 3.18. The predicted molar refractivity (Wildman–Crippen MR) is 98.9 cm³/mol. The molecule has 5 heteroatoms. The molecule has 3 aromatic rings. The van der Waals surface area contributed by atoms with E-state index in [2.05, 4.69) is 4.98 Å². The number of aromatic nitrogens is 1. The summed E-state index contributed by atoms with van der Waals surface area (Å²) >= 11 is 0. The lowest BCUT2D eigenvalue weighted by Crippen LogP contribution is -2.26. The molecule has 0 aliphatic carbocycles. The summed E-state index contributed by atoms with van der Waals surface area (Å²) in [4.78, 5) is 29.3. The number of nitrogens with zero attached hydrogens (tertiary/aromatic N) is 2. The molecule has 0 atom stereocenters. The highest BCUT2D eigenvalue weighted by Gasteiger charge is 2.13. The lowest BCUT2D eigenvalue weighted by atomic mass is 9.98. The smallest absolute Gasteiger partial charge is 0.336 e. The third-order valence-electron chi connectivity index (χ3n) is 4.10. The van der Waals surface area contributed by atoms with Crippen LogP contribution in [-0.4, -0.2) is 33.9 Å². The van der Waals surface area contributed by atoms with E-state index in [-0.39, 0.29) is 11.5 Å². The third-order valence-corrected chi connectivity index (χ3v) is 4.10. The van der Waals surface area contributed by atoms with Crippen LogP contribution in [0.4, 0.5) is 0 Å². The number of carboxylic acid groups (broad SMARTS) is 1. The van der Waals surface area contributed by atoms with Crippen molar-refractivity contribution >= 4 is 11.9 Å². The van der Waals surface area contributed by atoms with Gasteiger partial charge in [-0.2, -0.15) is 0 Å². The van der Waals surface area contributed by atoms with Crippen LogP contribution in [0, 0.1) is 0 Å². The Bertz CT molecular complexity index is 922. The quantitative estimate of drug-likeness (QED) is 0.764. The van der Waals surface area contributed by atoms with Gasteiger partial charge in [-0.05, 0) is 34.9 Å². The summed E-state index contributed by atoms with van der Waals surface area (Å²) < 4.78 is 0. The maximum atomic E-state index is 12.4. The fourth-order valence-electron chi connectivity index (χ4n) is 2.77.